The Labute approximate surface area is 122 Å². The van der Waals surface area contributed by atoms with Crippen LogP contribution in [0.1, 0.15) is 57.6 Å². The van der Waals surface area contributed by atoms with Gasteiger partial charge in [0, 0.05) is 12.1 Å². The van der Waals surface area contributed by atoms with E-state index in [4.69, 9.17) is 0 Å². The van der Waals surface area contributed by atoms with Gasteiger partial charge < -0.3 is 5.32 Å². The van der Waals surface area contributed by atoms with Crippen molar-refractivity contribution >= 4 is 0 Å². The van der Waals surface area contributed by atoms with Crippen molar-refractivity contribution in [2.24, 2.45) is 17.8 Å². The lowest BCUT2D eigenvalue weighted by Crippen LogP contribution is -2.38. The summed E-state index contributed by atoms with van der Waals surface area (Å²) in [6, 6.07) is 7.87. The molecule has 1 aromatic rings. The molecular formula is C18H26FN. The molecule has 0 aromatic heterocycles. The first-order chi connectivity index (χ1) is 9.67. The number of fused-ring (bicyclic) bond motifs is 2. The fraction of sp³-hybridized carbons (Fsp3) is 0.667. The highest BCUT2D eigenvalue weighted by atomic mass is 19.1. The largest absolute Gasteiger partial charge is 0.307 e. The van der Waals surface area contributed by atoms with Crippen LogP contribution in [0.4, 0.5) is 4.39 Å². The van der Waals surface area contributed by atoms with Crippen molar-refractivity contribution in [3.05, 3.63) is 35.6 Å². The normalized spacial score (nSPS) is 31.4. The molecule has 5 unspecified atom stereocenters. The topological polar surface area (TPSA) is 12.0 Å². The molecule has 2 fully saturated rings. The third kappa shape index (κ3) is 2.76. The van der Waals surface area contributed by atoms with E-state index >= 15 is 0 Å². The van der Waals surface area contributed by atoms with Crippen LogP contribution in [-0.4, -0.2) is 6.04 Å². The second-order valence-electron chi connectivity index (χ2n) is 6.81. The lowest BCUT2D eigenvalue weighted by molar-refractivity contribution is 0.243. The summed E-state index contributed by atoms with van der Waals surface area (Å²) >= 11 is 0. The van der Waals surface area contributed by atoms with E-state index in [2.05, 4.69) is 19.2 Å². The van der Waals surface area contributed by atoms with Gasteiger partial charge in [-0.3, -0.25) is 0 Å². The van der Waals surface area contributed by atoms with E-state index in [-0.39, 0.29) is 11.9 Å². The molecule has 0 heterocycles. The Balaban J connectivity index is 1.65. The number of hydrogen-bond acceptors (Lipinski definition) is 1. The first-order valence-electron chi connectivity index (χ1n) is 8.19. The Kier molecular flexibility index (Phi) is 4.11. The van der Waals surface area contributed by atoms with Gasteiger partial charge in [0.05, 0.1) is 0 Å². The van der Waals surface area contributed by atoms with Gasteiger partial charge in [-0.05, 0) is 68.1 Å². The van der Waals surface area contributed by atoms with E-state index in [0.29, 0.717) is 6.04 Å². The number of halogens is 1. The van der Waals surface area contributed by atoms with Gasteiger partial charge in [-0.2, -0.15) is 0 Å². The molecule has 1 aromatic carbocycles. The van der Waals surface area contributed by atoms with E-state index in [9.17, 15) is 4.39 Å². The van der Waals surface area contributed by atoms with Gasteiger partial charge in [-0.25, -0.2) is 4.39 Å². The number of benzene rings is 1. The Bertz CT molecular complexity index is 458. The summed E-state index contributed by atoms with van der Waals surface area (Å²) in [5.74, 6) is 2.63. The fourth-order valence-electron chi connectivity index (χ4n) is 4.52. The SMILES string of the molecule is CCC(NC(C)C1CC2CCC1C2)c1cccc(F)c1. The molecule has 20 heavy (non-hydrogen) atoms. The minimum Gasteiger partial charge on any atom is -0.307 e. The third-order valence-electron chi connectivity index (χ3n) is 5.56. The van der Waals surface area contributed by atoms with Crippen LogP contribution in [0.25, 0.3) is 0 Å². The highest BCUT2D eigenvalue weighted by molar-refractivity contribution is 5.20. The summed E-state index contributed by atoms with van der Waals surface area (Å²) < 4.78 is 13.4. The minimum absolute atomic E-state index is 0.129. The predicted molar refractivity (Wildman–Crippen MR) is 81.0 cm³/mol. The second-order valence-corrected chi connectivity index (χ2v) is 6.81. The Morgan fingerprint density at radius 1 is 1.30 bits per heavy atom. The summed E-state index contributed by atoms with van der Waals surface area (Å²) in [7, 11) is 0. The molecule has 1 nitrogen and oxygen atoms in total. The van der Waals surface area contributed by atoms with Crippen molar-refractivity contribution in [3.63, 3.8) is 0 Å². The third-order valence-corrected chi connectivity index (χ3v) is 5.56. The van der Waals surface area contributed by atoms with Gasteiger partial charge in [-0.15, -0.1) is 0 Å². The van der Waals surface area contributed by atoms with Crippen LogP contribution in [0.15, 0.2) is 24.3 Å². The lowest BCUT2D eigenvalue weighted by atomic mass is 9.83. The average Bonchev–Trinajstić information content (AvgIpc) is 3.07. The van der Waals surface area contributed by atoms with E-state index < -0.39 is 0 Å². The maximum Gasteiger partial charge on any atom is 0.123 e. The molecule has 0 saturated heterocycles. The van der Waals surface area contributed by atoms with Crippen LogP contribution < -0.4 is 5.32 Å². The highest BCUT2D eigenvalue weighted by Gasteiger charge is 2.42. The number of hydrogen-bond donors (Lipinski definition) is 1. The van der Waals surface area contributed by atoms with Crippen molar-refractivity contribution in [2.45, 2.75) is 58.0 Å². The summed E-state index contributed by atoms with van der Waals surface area (Å²) in [5, 5.41) is 3.77. The molecule has 1 N–H and O–H groups in total. The second kappa shape index (κ2) is 5.85. The molecule has 0 amide bonds. The van der Waals surface area contributed by atoms with Crippen molar-refractivity contribution in [1.29, 1.82) is 0 Å². The smallest absolute Gasteiger partial charge is 0.123 e. The van der Waals surface area contributed by atoms with Crippen LogP contribution in [0.3, 0.4) is 0 Å². The molecule has 2 saturated carbocycles. The summed E-state index contributed by atoms with van der Waals surface area (Å²) in [6.45, 7) is 4.50. The number of nitrogens with one attached hydrogen (secondary N) is 1. The van der Waals surface area contributed by atoms with Gasteiger partial charge in [0.1, 0.15) is 5.82 Å². The zero-order valence-corrected chi connectivity index (χ0v) is 12.6. The highest BCUT2D eigenvalue weighted by Crippen LogP contribution is 2.49. The monoisotopic (exact) mass is 275 g/mol. The quantitative estimate of drug-likeness (QED) is 0.822. The van der Waals surface area contributed by atoms with Crippen LogP contribution >= 0.6 is 0 Å². The fourth-order valence-corrected chi connectivity index (χ4v) is 4.52. The van der Waals surface area contributed by atoms with Gasteiger partial charge in [0.25, 0.3) is 0 Å². The molecule has 0 spiro atoms. The van der Waals surface area contributed by atoms with E-state index in [1.54, 1.807) is 6.07 Å². The lowest BCUT2D eigenvalue weighted by Gasteiger charge is -2.32. The van der Waals surface area contributed by atoms with Crippen molar-refractivity contribution in [2.75, 3.05) is 0 Å². The van der Waals surface area contributed by atoms with Crippen LogP contribution in [0.5, 0.6) is 0 Å². The zero-order valence-electron chi connectivity index (χ0n) is 12.6. The molecule has 2 aliphatic carbocycles. The number of rotatable bonds is 5. The van der Waals surface area contributed by atoms with Crippen molar-refractivity contribution in [1.82, 2.24) is 5.32 Å². The van der Waals surface area contributed by atoms with Gasteiger partial charge in [0.2, 0.25) is 0 Å². The van der Waals surface area contributed by atoms with Crippen LogP contribution in [-0.2, 0) is 0 Å². The van der Waals surface area contributed by atoms with Gasteiger partial charge >= 0.3 is 0 Å². The van der Waals surface area contributed by atoms with Crippen molar-refractivity contribution < 1.29 is 4.39 Å². The molecule has 3 rings (SSSR count). The average molecular weight is 275 g/mol. The van der Waals surface area contributed by atoms with Crippen LogP contribution in [0.2, 0.25) is 0 Å². The Morgan fingerprint density at radius 2 is 2.15 bits per heavy atom. The molecule has 0 aliphatic heterocycles. The maximum atomic E-state index is 13.4. The van der Waals surface area contributed by atoms with E-state index in [0.717, 1.165) is 29.7 Å². The van der Waals surface area contributed by atoms with Crippen LogP contribution in [0, 0.1) is 23.6 Å². The van der Waals surface area contributed by atoms with Gasteiger partial charge in [-0.1, -0.05) is 25.5 Å². The molecule has 2 heteroatoms. The summed E-state index contributed by atoms with van der Waals surface area (Å²) in [4.78, 5) is 0. The van der Waals surface area contributed by atoms with Gasteiger partial charge in [0.15, 0.2) is 0 Å². The molecule has 0 radical (unpaired) electrons. The molecular weight excluding hydrogens is 249 g/mol. The summed E-state index contributed by atoms with van der Waals surface area (Å²) in [6.07, 6.45) is 6.74. The Morgan fingerprint density at radius 3 is 2.75 bits per heavy atom. The zero-order chi connectivity index (χ0) is 14.1. The molecule has 110 valence electrons. The minimum atomic E-state index is -0.129. The van der Waals surface area contributed by atoms with E-state index in [1.165, 1.54) is 31.7 Å². The van der Waals surface area contributed by atoms with E-state index in [1.807, 2.05) is 12.1 Å². The predicted octanol–water partition coefficient (Wildman–Crippen LogP) is 4.69. The molecule has 2 bridgehead atoms. The maximum absolute atomic E-state index is 13.4. The molecule has 5 atom stereocenters. The molecule has 2 aliphatic rings. The Hall–Kier alpha value is -0.890. The first kappa shape index (κ1) is 14.1. The summed E-state index contributed by atoms with van der Waals surface area (Å²) in [5.41, 5.74) is 1.09. The first-order valence-corrected chi connectivity index (χ1v) is 8.19. The van der Waals surface area contributed by atoms with Crippen molar-refractivity contribution in [3.8, 4) is 0 Å². The standard InChI is InChI=1S/C18H26FN/c1-3-18(15-5-4-6-16(19)11-15)20-12(2)17-10-13-7-8-14(17)9-13/h4-6,11-14,17-18,20H,3,7-10H2,1-2H3.